The average molecular weight is 632 g/mol. The summed E-state index contributed by atoms with van der Waals surface area (Å²) in [5, 5.41) is 0. The van der Waals surface area contributed by atoms with Crippen LogP contribution in [0.15, 0.2) is 54.6 Å². The molecule has 0 unspecified atom stereocenters. The number of amides is 1. The standard InChI is InChI=1S/C32H30F9NO2/c1-17-6-7-21(29(3,4)5)15-26(17)25-9-8-22(30(33,34)35)13-20(25)16-42-18(2)10-27(44-28(42)43)19-11-23(31(36,37)38)14-24(12-19)32(39,40)41/h6-9,11-15,18,27H,10,16H2,1-5H3/t18-,27-/m0/s1. The molecule has 1 aliphatic heterocycles. The van der Waals surface area contributed by atoms with Gasteiger partial charge in [-0.05, 0) is 83.0 Å². The Balaban J connectivity index is 1.72. The zero-order valence-electron chi connectivity index (χ0n) is 24.4. The molecule has 1 saturated heterocycles. The number of alkyl halides is 9. The van der Waals surface area contributed by atoms with Gasteiger partial charge in [-0.1, -0.05) is 45.0 Å². The van der Waals surface area contributed by atoms with E-state index in [1.165, 1.54) is 13.0 Å². The molecule has 238 valence electrons. The van der Waals surface area contributed by atoms with Gasteiger partial charge in [-0.2, -0.15) is 39.5 Å². The van der Waals surface area contributed by atoms with Crippen molar-refractivity contribution in [3.05, 3.63) is 93.5 Å². The van der Waals surface area contributed by atoms with E-state index in [1.54, 1.807) is 6.92 Å². The first-order valence-corrected chi connectivity index (χ1v) is 13.6. The first-order valence-electron chi connectivity index (χ1n) is 13.6. The third kappa shape index (κ3) is 7.15. The van der Waals surface area contributed by atoms with Gasteiger partial charge in [-0.25, -0.2) is 4.79 Å². The van der Waals surface area contributed by atoms with Gasteiger partial charge in [-0.3, -0.25) is 0 Å². The summed E-state index contributed by atoms with van der Waals surface area (Å²) in [5.74, 6) is 0. The van der Waals surface area contributed by atoms with Gasteiger partial charge in [0.2, 0.25) is 0 Å². The first-order chi connectivity index (χ1) is 20.1. The van der Waals surface area contributed by atoms with Crippen LogP contribution < -0.4 is 0 Å². The van der Waals surface area contributed by atoms with Crippen LogP contribution in [0.3, 0.4) is 0 Å². The van der Waals surface area contributed by atoms with Crippen molar-refractivity contribution in [2.45, 2.75) is 83.7 Å². The van der Waals surface area contributed by atoms with Gasteiger partial charge in [0.15, 0.2) is 0 Å². The number of nitrogens with zero attached hydrogens (tertiary/aromatic N) is 1. The molecule has 3 aromatic rings. The number of aryl methyl sites for hydroxylation is 1. The summed E-state index contributed by atoms with van der Waals surface area (Å²) in [7, 11) is 0. The van der Waals surface area contributed by atoms with E-state index in [0.29, 0.717) is 23.3 Å². The molecular formula is C32H30F9NO2. The van der Waals surface area contributed by atoms with Crippen molar-refractivity contribution < 1.29 is 49.0 Å². The van der Waals surface area contributed by atoms with E-state index >= 15 is 0 Å². The third-order valence-corrected chi connectivity index (χ3v) is 7.71. The highest BCUT2D eigenvalue weighted by Crippen LogP contribution is 2.42. The lowest BCUT2D eigenvalue weighted by molar-refractivity contribution is -0.143. The molecule has 1 aliphatic rings. The van der Waals surface area contributed by atoms with Crippen LogP contribution in [0.1, 0.15) is 79.2 Å². The quantitative estimate of drug-likeness (QED) is 0.268. The zero-order chi connectivity index (χ0) is 33.0. The molecule has 0 aromatic heterocycles. The number of hydrogen-bond donors (Lipinski definition) is 0. The number of hydrogen-bond acceptors (Lipinski definition) is 2. The molecule has 0 spiro atoms. The molecule has 0 aliphatic carbocycles. The Kier molecular flexibility index (Phi) is 8.56. The Morgan fingerprint density at radius 2 is 1.27 bits per heavy atom. The summed E-state index contributed by atoms with van der Waals surface area (Å²) in [4.78, 5) is 14.3. The molecule has 0 radical (unpaired) electrons. The van der Waals surface area contributed by atoms with Crippen LogP contribution in [-0.4, -0.2) is 17.0 Å². The van der Waals surface area contributed by atoms with Gasteiger partial charge in [-0.15, -0.1) is 0 Å². The SMILES string of the molecule is Cc1ccc(C(C)(C)C)cc1-c1ccc(C(F)(F)F)cc1CN1C(=O)O[C@H](c2cc(C(F)(F)F)cc(C(F)(F)F)c2)C[C@@H]1C. The second kappa shape index (κ2) is 11.3. The van der Waals surface area contributed by atoms with Crippen LogP contribution in [-0.2, 0) is 35.2 Å². The lowest BCUT2D eigenvalue weighted by atomic mass is 9.83. The molecule has 0 saturated carbocycles. The summed E-state index contributed by atoms with van der Waals surface area (Å²) in [6.45, 7) is 8.92. The van der Waals surface area contributed by atoms with Gasteiger partial charge in [0.1, 0.15) is 6.10 Å². The van der Waals surface area contributed by atoms with E-state index < -0.39 is 59.0 Å². The van der Waals surface area contributed by atoms with Crippen LogP contribution in [0.2, 0.25) is 0 Å². The number of cyclic esters (lactones) is 1. The minimum atomic E-state index is -5.09. The molecule has 3 nitrogen and oxygen atoms in total. The Morgan fingerprint density at radius 3 is 1.77 bits per heavy atom. The summed E-state index contributed by atoms with van der Waals surface area (Å²) in [6.07, 6.45) is -17.6. The van der Waals surface area contributed by atoms with E-state index in [1.807, 2.05) is 39.0 Å². The average Bonchev–Trinajstić information content (AvgIpc) is 2.88. The fraction of sp³-hybridized carbons (Fsp3) is 0.406. The number of ether oxygens (including phenoxy) is 1. The maximum absolute atomic E-state index is 13.7. The van der Waals surface area contributed by atoms with Crippen molar-refractivity contribution in [1.82, 2.24) is 4.90 Å². The van der Waals surface area contributed by atoms with E-state index in [2.05, 4.69) is 0 Å². The van der Waals surface area contributed by atoms with Crippen LogP contribution >= 0.6 is 0 Å². The molecule has 1 amide bonds. The Bertz CT molecular complexity index is 1520. The Labute approximate surface area is 248 Å². The van der Waals surface area contributed by atoms with Crippen molar-refractivity contribution in [3.63, 3.8) is 0 Å². The van der Waals surface area contributed by atoms with Gasteiger partial charge < -0.3 is 9.64 Å². The van der Waals surface area contributed by atoms with Crippen molar-refractivity contribution in [3.8, 4) is 11.1 Å². The smallest absolute Gasteiger partial charge is 0.416 e. The van der Waals surface area contributed by atoms with E-state index in [9.17, 15) is 44.3 Å². The lowest BCUT2D eigenvalue weighted by Crippen LogP contribution is -2.44. The first kappa shape index (κ1) is 33.2. The van der Waals surface area contributed by atoms with E-state index in [4.69, 9.17) is 4.74 Å². The molecule has 0 N–H and O–H groups in total. The molecule has 1 heterocycles. The fourth-order valence-electron chi connectivity index (χ4n) is 5.17. The summed E-state index contributed by atoms with van der Waals surface area (Å²) < 4.78 is 127. The van der Waals surface area contributed by atoms with Crippen LogP contribution in [0.25, 0.3) is 11.1 Å². The monoisotopic (exact) mass is 631 g/mol. The second-order valence-electron chi connectivity index (χ2n) is 12.1. The van der Waals surface area contributed by atoms with E-state index in [0.717, 1.165) is 28.2 Å². The molecular weight excluding hydrogens is 601 g/mol. The maximum atomic E-state index is 13.7. The third-order valence-electron chi connectivity index (χ3n) is 7.71. The minimum absolute atomic E-state index is 0.0182. The topological polar surface area (TPSA) is 29.5 Å². The fourth-order valence-corrected chi connectivity index (χ4v) is 5.17. The van der Waals surface area contributed by atoms with Gasteiger partial charge in [0, 0.05) is 19.0 Å². The number of benzene rings is 3. The largest absolute Gasteiger partial charge is 0.441 e. The second-order valence-corrected chi connectivity index (χ2v) is 12.1. The highest BCUT2D eigenvalue weighted by Gasteiger charge is 2.40. The van der Waals surface area contributed by atoms with Crippen LogP contribution in [0.4, 0.5) is 44.3 Å². The normalized spacial score (nSPS) is 18.4. The van der Waals surface area contributed by atoms with Crippen molar-refractivity contribution in [2.75, 3.05) is 0 Å². The maximum Gasteiger partial charge on any atom is 0.416 e. The van der Waals surface area contributed by atoms with Gasteiger partial charge in [0.05, 0.1) is 16.7 Å². The zero-order valence-corrected chi connectivity index (χ0v) is 24.4. The van der Waals surface area contributed by atoms with Crippen molar-refractivity contribution in [2.24, 2.45) is 0 Å². The molecule has 3 aromatic carbocycles. The molecule has 12 heteroatoms. The summed E-state index contributed by atoms with van der Waals surface area (Å²) in [6, 6.07) is 9.05. The molecule has 2 atom stereocenters. The van der Waals surface area contributed by atoms with Crippen molar-refractivity contribution in [1.29, 1.82) is 0 Å². The van der Waals surface area contributed by atoms with Crippen LogP contribution in [0, 0.1) is 6.92 Å². The highest BCUT2D eigenvalue weighted by molar-refractivity contribution is 5.74. The Morgan fingerprint density at radius 1 is 0.727 bits per heavy atom. The lowest BCUT2D eigenvalue weighted by Gasteiger charge is -2.38. The predicted octanol–water partition coefficient (Wildman–Crippen LogP) is 10.5. The van der Waals surface area contributed by atoms with E-state index in [-0.39, 0.29) is 30.0 Å². The number of carbonyl (C=O) groups excluding carboxylic acids is 1. The van der Waals surface area contributed by atoms with Gasteiger partial charge >= 0.3 is 24.6 Å². The Hall–Kier alpha value is -3.70. The minimum Gasteiger partial charge on any atom is -0.441 e. The molecule has 44 heavy (non-hydrogen) atoms. The predicted molar refractivity (Wildman–Crippen MR) is 146 cm³/mol. The molecule has 4 rings (SSSR count). The molecule has 1 fully saturated rings. The number of carbonyl (C=O) groups is 1. The highest BCUT2D eigenvalue weighted by atomic mass is 19.4. The number of halogens is 9. The van der Waals surface area contributed by atoms with Gasteiger partial charge in [0.25, 0.3) is 0 Å². The van der Waals surface area contributed by atoms with Crippen molar-refractivity contribution >= 4 is 6.09 Å². The number of rotatable bonds is 4. The van der Waals surface area contributed by atoms with Crippen LogP contribution in [0.5, 0.6) is 0 Å². The summed E-state index contributed by atoms with van der Waals surface area (Å²) >= 11 is 0. The molecule has 0 bridgehead atoms. The summed E-state index contributed by atoms with van der Waals surface area (Å²) in [5.41, 5.74) is -1.85.